The maximum Gasteiger partial charge on any atom is 0.501 e. The number of nitrogens with two attached hydrogens (primary N) is 1. The van der Waals surface area contributed by atoms with E-state index >= 15 is 0 Å². The van der Waals surface area contributed by atoms with Crippen LogP contribution in [0.25, 0.3) is 16.6 Å². The molecule has 2 fully saturated rings. The lowest BCUT2D eigenvalue weighted by molar-refractivity contribution is -0.0435. The summed E-state index contributed by atoms with van der Waals surface area (Å²) >= 11 is 6.23. The first kappa shape index (κ1) is 49.2. The Balaban J connectivity index is 1.01. The number of hydrogen-bond acceptors (Lipinski definition) is 12. The van der Waals surface area contributed by atoms with Crippen LogP contribution in [-0.2, 0) is 19.9 Å². The molecule has 2 aromatic heterocycles. The predicted octanol–water partition coefficient (Wildman–Crippen LogP) is 8.43. The van der Waals surface area contributed by atoms with E-state index in [1.807, 2.05) is 16.9 Å². The largest absolute Gasteiger partial charge is 0.501 e. The molecule has 0 unspecified atom stereocenters. The summed E-state index contributed by atoms with van der Waals surface area (Å²) in [6, 6.07) is 18.7. The summed E-state index contributed by atoms with van der Waals surface area (Å²) in [7, 11) is -11.0. The number of pyridine rings is 1. The fourth-order valence-electron chi connectivity index (χ4n) is 9.08. The van der Waals surface area contributed by atoms with Crippen LogP contribution >= 0.6 is 11.6 Å². The van der Waals surface area contributed by atoms with E-state index in [1.54, 1.807) is 30.5 Å². The number of anilines is 2. The highest BCUT2D eigenvalue weighted by Gasteiger charge is 2.48. The highest BCUT2D eigenvalue weighted by molar-refractivity contribution is 7.92. The van der Waals surface area contributed by atoms with Crippen LogP contribution in [0.3, 0.4) is 0 Å². The summed E-state index contributed by atoms with van der Waals surface area (Å²) in [5, 5.41) is 4.16. The molecule has 364 valence electrons. The Labute approximate surface area is 400 Å². The molecule has 2 saturated heterocycles. The lowest BCUT2D eigenvalue weighted by atomic mass is 9.72. The van der Waals surface area contributed by atoms with Crippen molar-refractivity contribution in [3.05, 3.63) is 107 Å². The molecule has 0 spiro atoms. The SMILES string of the molecule is CC1(C)CCC(CN2CCN(c3ccc(C(=O)NS(=O)(=O)c4ccc(NCCCN5CCC(N)CC5)c(S(=O)(=O)C(F)(F)F)c4)c(Oc4cnc5[nH]ccc5c4)c3)CC2)=C(c2ccc(Cl)cc2)C1. The number of likely N-dealkylation sites (tertiary alicyclic amines) is 1. The summed E-state index contributed by atoms with van der Waals surface area (Å²) in [6.45, 7) is 10.5. The summed E-state index contributed by atoms with van der Waals surface area (Å²) in [5.74, 6) is -0.917. The number of piperidine rings is 1. The zero-order valence-corrected chi connectivity index (χ0v) is 40.3. The van der Waals surface area contributed by atoms with Crippen LogP contribution in [0.15, 0.2) is 101 Å². The number of nitrogens with one attached hydrogen (secondary N) is 3. The number of sulfone groups is 1. The lowest BCUT2D eigenvalue weighted by Gasteiger charge is -2.39. The third-order valence-electron chi connectivity index (χ3n) is 13.0. The number of carbonyl (C=O) groups excluding carboxylic acids is 1. The average Bonchev–Trinajstić information content (AvgIpc) is 3.77. The molecule has 2 aliphatic heterocycles. The van der Waals surface area contributed by atoms with Gasteiger partial charge in [-0.1, -0.05) is 43.2 Å². The Bertz CT molecular complexity index is 2900. The fourth-order valence-corrected chi connectivity index (χ4v) is 11.2. The van der Waals surface area contributed by atoms with Crippen molar-refractivity contribution in [1.29, 1.82) is 0 Å². The molecule has 3 aliphatic rings. The molecular formula is C48H56ClF3N8O6S2. The zero-order valence-electron chi connectivity index (χ0n) is 37.9. The van der Waals surface area contributed by atoms with Gasteiger partial charge in [-0.3, -0.25) is 9.69 Å². The standard InChI is InChI=1S/C48H56ClF3N8O6S2/c1-47(2)16-12-34(41(29-47)32-4-6-35(49)7-5-32)31-59-22-24-60(25-23-59)37-8-10-40(43(27-37)66-38-26-33-13-18-55-45(33)56-30-38)46(61)57-68(64,65)39-9-11-42(44(28-39)67(62,63)48(50,51)52)54-17-3-19-58-20-14-36(53)15-21-58/h4-11,13,18,26-28,30,36,54H,3,12,14-17,19-25,29,31,53H2,1-2H3,(H,55,56)(H,57,61). The summed E-state index contributed by atoms with van der Waals surface area (Å²) in [6.07, 6.45) is 8.33. The Morgan fingerprint density at radius 3 is 2.40 bits per heavy atom. The number of sulfonamides is 1. The molecule has 3 aromatic carbocycles. The van der Waals surface area contributed by atoms with Crippen LogP contribution in [0, 0.1) is 5.41 Å². The van der Waals surface area contributed by atoms with E-state index in [9.17, 15) is 34.8 Å². The van der Waals surface area contributed by atoms with E-state index in [0.29, 0.717) is 53.9 Å². The number of aromatic nitrogens is 2. The van der Waals surface area contributed by atoms with E-state index in [2.05, 4.69) is 56.0 Å². The molecule has 1 amide bonds. The summed E-state index contributed by atoms with van der Waals surface area (Å²) in [5.41, 5.74) is 5.07. The molecular weight excluding hydrogens is 941 g/mol. The van der Waals surface area contributed by atoms with Gasteiger partial charge in [0.1, 0.15) is 22.0 Å². The number of hydrogen-bond donors (Lipinski definition) is 4. The van der Waals surface area contributed by atoms with Gasteiger partial charge < -0.3 is 30.6 Å². The number of rotatable bonds is 15. The third kappa shape index (κ3) is 11.5. The number of benzene rings is 3. The molecule has 8 rings (SSSR count). The fraction of sp³-hybridized carbons (Fsp3) is 0.417. The van der Waals surface area contributed by atoms with Crippen molar-refractivity contribution in [3.8, 4) is 11.5 Å². The summed E-state index contributed by atoms with van der Waals surface area (Å²) in [4.78, 5) is 26.0. The number of allylic oxidation sites excluding steroid dienone is 1. The molecule has 0 radical (unpaired) electrons. The number of amides is 1. The quantitative estimate of drug-likeness (QED) is 0.0736. The van der Waals surface area contributed by atoms with Crippen LogP contribution in [0.5, 0.6) is 11.5 Å². The van der Waals surface area contributed by atoms with Gasteiger partial charge in [0.05, 0.1) is 22.3 Å². The van der Waals surface area contributed by atoms with Gasteiger partial charge in [-0.2, -0.15) is 13.2 Å². The van der Waals surface area contributed by atoms with E-state index in [4.69, 9.17) is 22.1 Å². The molecule has 14 nitrogen and oxygen atoms in total. The predicted molar refractivity (Wildman–Crippen MR) is 258 cm³/mol. The van der Waals surface area contributed by atoms with Crippen LogP contribution in [0.1, 0.15) is 68.3 Å². The molecule has 0 atom stereocenters. The minimum absolute atomic E-state index is 0.0100. The van der Waals surface area contributed by atoms with Crippen molar-refractivity contribution in [2.75, 3.05) is 69.1 Å². The van der Waals surface area contributed by atoms with E-state index in [-0.39, 0.29) is 35.1 Å². The first-order valence-corrected chi connectivity index (χ1v) is 26.0. The van der Waals surface area contributed by atoms with Gasteiger partial charge in [-0.15, -0.1) is 0 Å². The van der Waals surface area contributed by atoms with Crippen molar-refractivity contribution in [3.63, 3.8) is 0 Å². The number of ether oxygens (including phenoxy) is 1. The zero-order chi connectivity index (χ0) is 48.4. The number of H-pyrrole nitrogens is 1. The van der Waals surface area contributed by atoms with Crippen LogP contribution in [0.4, 0.5) is 24.5 Å². The third-order valence-corrected chi connectivity index (χ3v) is 16.1. The van der Waals surface area contributed by atoms with Crippen molar-refractivity contribution in [2.45, 2.75) is 73.7 Å². The number of nitrogens with zero attached hydrogens (tertiary/aromatic N) is 4. The molecule has 4 heterocycles. The molecule has 20 heteroatoms. The topological polar surface area (TPSA) is 183 Å². The number of alkyl halides is 3. The number of piperazine rings is 1. The first-order chi connectivity index (χ1) is 32.2. The second-order valence-electron chi connectivity index (χ2n) is 18.6. The van der Waals surface area contributed by atoms with Gasteiger partial charge >= 0.3 is 5.51 Å². The lowest BCUT2D eigenvalue weighted by Crippen LogP contribution is -2.47. The smallest absolute Gasteiger partial charge is 0.455 e. The first-order valence-electron chi connectivity index (χ1n) is 22.7. The van der Waals surface area contributed by atoms with Gasteiger partial charge in [-0.05, 0) is 129 Å². The molecule has 5 aromatic rings. The molecule has 0 bridgehead atoms. The van der Waals surface area contributed by atoms with E-state index < -0.39 is 46.8 Å². The maximum absolute atomic E-state index is 14.0. The van der Waals surface area contributed by atoms with Crippen LogP contribution < -0.4 is 25.4 Å². The van der Waals surface area contributed by atoms with Gasteiger partial charge in [0.25, 0.3) is 25.8 Å². The number of halogens is 4. The van der Waals surface area contributed by atoms with Gasteiger partial charge in [0, 0.05) is 73.7 Å². The maximum atomic E-state index is 14.0. The van der Waals surface area contributed by atoms with Crippen LogP contribution in [-0.4, -0.2) is 113 Å². The van der Waals surface area contributed by atoms with Gasteiger partial charge in [0.2, 0.25) is 0 Å². The molecule has 0 saturated carbocycles. The Hall–Kier alpha value is -5.18. The van der Waals surface area contributed by atoms with Crippen molar-refractivity contribution >= 4 is 65.3 Å². The second kappa shape index (κ2) is 20.0. The number of aromatic amines is 1. The van der Waals surface area contributed by atoms with Gasteiger partial charge in [-0.25, -0.2) is 26.5 Å². The highest BCUT2D eigenvalue weighted by atomic mass is 35.5. The Morgan fingerprint density at radius 1 is 0.941 bits per heavy atom. The van der Waals surface area contributed by atoms with Crippen molar-refractivity contribution in [1.82, 2.24) is 24.5 Å². The molecule has 68 heavy (non-hydrogen) atoms. The Morgan fingerprint density at radius 2 is 1.68 bits per heavy atom. The number of fused-ring (bicyclic) bond motifs is 1. The van der Waals surface area contributed by atoms with Crippen molar-refractivity contribution in [2.24, 2.45) is 11.1 Å². The Kier molecular flexibility index (Phi) is 14.5. The van der Waals surface area contributed by atoms with Crippen LogP contribution in [0.2, 0.25) is 5.02 Å². The second-order valence-corrected chi connectivity index (χ2v) is 22.6. The van der Waals surface area contributed by atoms with Gasteiger partial charge in [0.15, 0.2) is 0 Å². The molecule has 1 aliphatic carbocycles. The van der Waals surface area contributed by atoms with E-state index in [1.165, 1.54) is 29.0 Å². The van der Waals surface area contributed by atoms with E-state index in [0.717, 1.165) is 77.0 Å². The van der Waals surface area contributed by atoms with Crippen molar-refractivity contribution < 1.29 is 39.5 Å². The molecule has 5 N–H and O–H groups in total. The highest BCUT2D eigenvalue weighted by Crippen LogP contribution is 2.44. The summed E-state index contributed by atoms with van der Waals surface area (Å²) < 4.78 is 104. The average molecular weight is 998 g/mol. The minimum atomic E-state index is -6.04. The number of carbonyl (C=O) groups is 1. The monoisotopic (exact) mass is 996 g/mol. The normalized spacial score (nSPS) is 18.0. The minimum Gasteiger partial charge on any atom is -0.455 e.